The Morgan fingerprint density at radius 3 is 2.73 bits per heavy atom. The van der Waals surface area contributed by atoms with Crippen molar-refractivity contribution in [3.63, 3.8) is 0 Å². The van der Waals surface area contributed by atoms with Gasteiger partial charge in [0.15, 0.2) is 0 Å². The number of hydrogen-bond donors (Lipinski definition) is 1. The van der Waals surface area contributed by atoms with Gasteiger partial charge in [0.1, 0.15) is 0 Å². The van der Waals surface area contributed by atoms with Crippen molar-refractivity contribution in [2.45, 2.75) is 46.1 Å². The average Bonchev–Trinajstić information content (AvgIpc) is 3.16. The summed E-state index contributed by atoms with van der Waals surface area (Å²) < 4.78 is 2.02. The summed E-state index contributed by atoms with van der Waals surface area (Å²) >= 11 is 0. The lowest BCUT2D eigenvalue weighted by Gasteiger charge is -2.31. The van der Waals surface area contributed by atoms with Crippen molar-refractivity contribution in [3.8, 4) is 0 Å². The van der Waals surface area contributed by atoms with Gasteiger partial charge in [0.05, 0.1) is 0 Å². The van der Waals surface area contributed by atoms with Crippen LogP contribution >= 0.6 is 0 Å². The number of likely N-dealkylation sites (tertiary alicyclic amines) is 1. The zero-order valence-corrected chi connectivity index (χ0v) is 15.9. The van der Waals surface area contributed by atoms with E-state index in [1.54, 1.807) is 0 Å². The van der Waals surface area contributed by atoms with Crippen LogP contribution in [-0.2, 0) is 11.3 Å². The van der Waals surface area contributed by atoms with E-state index < -0.39 is 0 Å². The van der Waals surface area contributed by atoms with Crippen molar-refractivity contribution in [1.82, 2.24) is 14.7 Å². The van der Waals surface area contributed by atoms with E-state index in [0.717, 1.165) is 43.3 Å². The molecule has 5 nitrogen and oxygen atoms in total. The number of nitrogens with zero attached hydrogens (tertiary/aromatic N) is 3. The summed E-state index contributed by atoms with van der Waals surface area (Å²) in [5.41, 5.74) is 3.30. The number of nitrogens with one attached hydrogen (secondary N) is 1. The fourth-order valence-corrected chi connectivity index (χ4v) is 3.61. The van der Waals surface area contributed by atoms with Gasteiger partial charge >= 0.3 is 0 Å². The summed E-state index contributed by atoms with van der Waals surface area (Å²) in [5.74, 6) is 0.888. The molecule has 2 aromatic rings. The summed E-state index contributed by atoms with van der Waals surface area (Å²) in [6.07, 6.45) is 8.07. The third kappa shape index (κ3) is 5.18. The van der Waals surface area contributed by atoms with Crippen LogP contribution in [0.2, 0.25) is 0 Å². The van der Waals surface area contributed by atoms with Crippen LogP contribution in [0, 0.1) is 19.8 Å². The number of carbonyl (C=O) groups is 1. The molecule has 1 aromatic carbocycles. The average molecular weight is 354 g/mol. The quantitative estimate of drug-likeness (QED) is 0.826. The second-order valence-corrected chi connectivity index (χ2v) is 7.39. The highest BCUT2D eigenvalue weighted by Crippen LogP contribution is 2.22. The summed E-state index contributed by atoms with van der Waals surface area (Å²) in [4.78, 5) is 14.7. The highest BCUT2D eigenvalue weighted by atomic mass is 16.1. The molecule has 1 N–H and O–H groups in total. The van der Waals surface area contributed by atoms with Gasteiger partial charge in [-0.3, -0.25) is 9.48 Å². The van der Waals surface area contributed by atoms with E-state index in [-0.39, 0.29) is 5.91 Å². The summed E-state index contributed by atoms with van der Waals surface area (Å²) in [7, 11) is 0. The predicted octanol–water partition coefficient (Wildman–Crippen LogP) is 3.63. The first-order valence-electron chi connectivity index (χ1n) is 9.67. The number of hydrogen-bond acceptors (Lipinski definition) is 3. The highest BCUT2D eigenvalue weighted by molar-refractivity contribution is 5.91. The van der Waals surface area contributed by atoms with Crippen molar-refractivity contribution < 1.29 is 4.79 Å². The van der Waals surface area contributed by atoms with Crippen LogP contribution in [0.25, 0.3) is 0 Å². The lowest BCUT2D eigenvalue weighted by Crippen LogP contribution is -2.36. The molecule has 26 heavy (non-hydrogen) atoms. The normalized spacial score (nSPS) is 15.9. The highest BCUT2D eigenvalue weighted by Gasteiger charge is 2.19. The molecule has 0 saturated carbocycles. The third-order valence-electron chi connectivity index (χ3n) is 5.57. The molecular formula is C21H30N4O. The molecule has 1 aromatic heterocycles. The summed E-state index contributed by atoms with van der Waals surface area (Å²) in [5, 5.41) is 7.33. The van der Waals surface area contributed by atoms with Gasteiger partial charge in [-0.1, -0.05) is 12.1 Å². The fourth-order valence-electron chi connectivity index (χ4n) is 3.61. The molecule has 0 aliphatic carbocycles. The monoisotopic (exact) mass is 354 g/mol. The van der Waals surface area contributed by atoms with Crippen LogP contribution in [0.5, 0.6) is 0 Å². The molecule has 0 radical (unpaired) electrons. The molecule has 0 unspecified atom stereocenters. The van der Waals surface area contributed by atoms with E-state index in [1.807, 2.05) is 35.3 Å². The molecule has 0 spiro atoms. The molecule has 0 bridgehead atoms. The number of amides is 1. The van der Waals surface area contributed by atoms with Gasteiger partial charge in [-0.15, -0.1) is 0 Å². The van der Waals surface area contributed by atoms with E-state index in [1.165, 1.54) is 24.8 Å². The Morgan fingerprint density at radius 2 is 2.00 bits per heavy atom. The first-order valence-corrected chi connectivity index (χ1v) is 9.67. The fraction of sp³-hybridized carbons (Fsp3) is 0.524. The maximum absolute atomic E-state index is 12.3. The molecule has 3 rings (SSSR count). The van der Waals surface area contributed by atoms with Crippen LogP contribution < -0.4 is 5.32 Å². The number of benzene rings is 1. The van der Waals surface area contributed by atoms with Gasteiger partial charge in [0.2, 0.25) is 5.91 Å². The van der Waals surface area contributed by atoms with Crippen LogP contribution in [0.4, 0.5) is 5.69 Å². The molecule has 1 fully saturated rings. The second kappa shape index (κ2) is 8.99. The minimum absolute atomic E-state index is 0.111. The third-order valence-corrected chi connectivity index (χ3v) is 5.57. The standard InChI is InChI=1S/C21H30N4O/c1-17-5-3-6-20(18(17)2)23-21(26)10-15-24-13-7-19(8-14-24)9-16-25-12-4-11-22-25/h3-6,11-12,19H,7-10,13-16H2,1-2H3,(H,23,26). The number of rotatable bonds is 7. The predicted molar refractivity (Wildman–Crippen MR) is 105 cm³/mol. The van der Waals surface area contributed by atoms with Crippen LogP contribution in [-0.4, -0.2) is 40.2 Å². The minimum Gasteiger partial charge on any atom is -0.326 e. The Balaban J connectivity index is 1.35. The molecule has 1 amide bonds. The molecular weight excluding hydrogens is 324 g/mol. The van der Waals surface area contributed by atoms with Gasteiger partial charge in [-0.05, 0) is 75.4 Å². The van der Waals surface area contributed by atoms with E-state index in [4.69, 9.17) is 0 Å². The minimum atomic E-state index is 0.111. The Morgan fingerprint density at radius 1 is 1.19 bits per heavy atom. The second-order valence-electron chi connectivity index (χ2n) is 7.39. The number of aromatic nitrogens is 2. The van der Waals surface area contributed by atoms with Crippen LogP contribution in [0.15, 0.2) is 36.7 Å². The van der Waals surface area contributed by atoms with Crippen molar-refractivity contribution in [3.05, 3.63) is 47.8 Å². The van der Waals surface area contributed by atoms with Gasteiger partial charge in [-0.25, -0.2) is 0 Å². The van der Waals surface area contributed by atoms with Crippen LogP contribution in [0.3, 0.4) is 0 Å². The van der Waals surface area contributed by atoms with E-state index >= 15 is 0 Å². The number of carbonyl (C=O) groups excluding carboxylic acids is 1. The van der Waals surface area contributed by atoms with Gasteiger partial charge in [0.25, 0.3) is 0 Å². The topological polar surface area (TPSA) is 50.2 Å². The van der Waals surface area contributed by atoms with Gasteiger partial charge in [0, 0.05) is 37.6 Å². The SMILES string of the molecule is Cc1cccc(NC(=O)CCN2CCC(CCn3cccn3)CC2)c1C. The summed E-state index contributed by atoms with van der Waals surface area (Å²) in [6, 6.07) is 8.02. The molecule has 2 heterocycles. The molecule has 5 heteroatoms. The maximum Gasteiger partial charge on any atom is 0.225 e. The number of anilines is 1. The van der Waals surface area contributed by atoms with Gasteiger partial charge < -0.3 is 10.2 Å². The Hall–Kier alpha value is -2.14. The van der Waals surface area contributed by atoms with Gasteiger partial charge in [-0.2, -0.15) is 5.10 Å². The zero-order valence-electron chi connectivity index (χ0n) is 15.9. The number of aryl methyl sites for hydroxylation is 2. The Labute approximate surface area is 156 Å². The van der Waals surface area contributed by atoms with Crippen molar-refractivity contribution >= 4 is 11.6 Å². The Kier molecular flexibility index (Phi) is 6.45. The maximum atomic E-state index is 12.3. The molecule has 1 aliphatic heterocycles. The van der Waals surface area contributed by atoms with E-state index in [2.05, 4.69) is 35.2 Å². The van der Waals surface area contributed by atoms with Crippen molar-refractivity contribution in [1.29, 1.82) is 0 Å². The zero-order chi connectivity index (χ0) is 18.4. The number of piperidine rings is 1. The van der Waals surface area contributed by atoms with Crippen molar-refractivity contribution in [2.24, 2.45) is 5.92 Å². The summed E-state index contributed by atoms with van der Waals surface area (Å²) in [6.45, 7) is 8.18. The first-order chi connectivity index (χ1) is 12.6. The molecule has 140 valence electrons. The first kappa shape index (κ1) is 18.6. The molecule has 1 aliphatic rings. The van der Waals surface area contributed by atoms with E-state index in [0.29, 0.717) is 6.42 Å². The largest absolute Gasteiger partial charge is 0.326 e. The van der Waals surface area contributed by atoms with Crippen molar-refractivity contribution in [2.75, 3.05) is 25.0 Å². The smallest absolute Gasteiger partial charge is 0.225 e. The Bertz CT molecular complexity index is 703. The lowest BCUT2D eigenvalue weighted by molar-refractivity contribution is -0.116. The molecule has 0 atom stereocenters. The lowest BCUT2D eigenvalue weighted by atomic mass is 9.93. The molecule has 1 saturated heterocycles. The van der Waals surface area contributed by atoms with Crippen LogP contribution in [0.1, 0.15) is 36.8 Å². The van der Waals surface area contributed by atoms with E-state index in [9.17, 15) is 4.79 Å².